The monoisotopic (exact) mass is 378 g/mol. The fourth-order valence-corrected chi connectivity index (χ4v) is 3.59. The van der Waals surface area contributed by atoms with Gasteiger partial charge in [-0.1, -0.05) is 0 Å². The molecule has 1 saturated heterocycles. The van der Waals surface area contributed by atoms with E-state index in [4.69, 9.17) is 0 Å². The molecule has 7 nitrogen and oxygen atoms in total. The van der Waals surface area contributed by atoms with Crippen molar-refractivity contribution in [3.8, 4) is 0 Å². The molecule has 3 aromatic heterocycles. The van der Waals surface area contributed by atoms with Gasteiger partial charge in [0, 0.05) is 31.7 Å². The van der Waals surface area contributed by atoms with Gasteiger partial charge in [-0.2, -0.15) is 13.2 Å². The van der Waals surface area contributed by atoms with Crippen LogP contribution < -0.4 is 4.90 Å². The number of amides is 1. The van der Waals surface area contributed by atoms with E-state index in [1.165, 1.54) is 13.4 Å². The highest BCUT2D eigenvalue weighted by Crippen LogP contribution is 2.32. The lowest BCUT2D eigenvalue weighted by atomic mass is 10.1. The lowest BCUT2D eigenvalue weighted by Gasteiger charge is -2.23. The predicted molar refractivity (Wildman–Crippen MR) is 93.2 cm³/mol. The molecule has 27 heavy (non-hydrogen) atoms. The van der Waals surface area contributed by atoms with Crippen molar-refractivity contribution in [2.24, 2.45) is 5.92 Å². The van der Waals surface area contributed by atoms with Gasteiger partial charge < -0.3 is 14.8 Å². The quantitative estimate of drug-likeness (QED) is 0.757. The number of rotatable bonds is 3. The average molecular weight is 378 g/mol. The minimum absolute atomic E-state index is 0.321. The maximum atomic E-state index is 12.6. The largest absolute Gasteiger partial charge is 0.406 e. The molecular weight excluding hydrogens is 361 g/mol. The topological polar surface area (TPSA) is 78.0 Å². The number of aromatic nitrogens is 4. The van der Waals surface area contributed by atoms with Crippen LogP contribution >= 0.6 is 0 Å². The first kappa shape index (κ1) is 17.5. The number of H-pyrrole nitrogens is 1. The zero-order chi connectivity index (χ0) is 19.2. The molecule has 3 aromatic rings. The number of carbonyl (C=O) groups excluding carboxylic acids is 1. The van der Waals surface area contributed by atoms with Gasteiger partial charge in [-0.3, -0.25) is 4.79 Å². The van der Waals surface area contributed by atoms with Crippen LogP contribution in [-0.2, 0) is 4.79 Å². The summed E-state index contributed by atoms with van der Waals surface area (Å²) < 4.78 is 37.7. The summed E-state index contributed by atoms with van der Waals surface area (Å²) in [5, 5.41) is 1.69. The van der Waals surface area contributed by atoms with Gasteiger partial charge in [0.15, 0.2) is 0 Å². The molecule has 1 amide bonds. The number of pyridine rings is 1. The summed E-state index contributed by atoms with van der Waals surface area (Å²) in [6.45, 7) is -0.383. The lowest BCUT2D eigenvalue weighted by Crippen LogP contribution is -2.40. The number of alkyl halides is 3. The van der Waals surface area contributed by atoms with Gasteiger partial charge >= 0.3 is 6.18 Å². The maximum absolute atomic E-state index is 12.6. The first-order chi connectivity index (χ1) is 12.8. The van der Waals surface area contributed by atoms with Gasteiger partial charge in [0.2, 0.25) is 5.91 Å². The smallest absolute Gasteiger partial charge is 0.355 e. The van der Waals surface area contributed by atoms with Gasteiger partial charge in [0.05, 0.1) is 23.0 Å². The van der Waals surface area contributed by atoms with Crippen LogP contribution in [0.25, 0.3) is 21.9 Å². The molecule has 0 aliphatic carbocycles. The van der Waals surface area contributed by atoms with Crippen LogP contribution in [-0.4, -0.2) is 63.6 Å². The molecule has 1 N–H and O–H groups in total. The van der Waals surface area contributed by atoms with Crippen LogP contribution in [0.4, 0.5) is 19.0 Å². The molecule has 4 rings (SSSR count). The Hall–Kier alpha value is -2.91. The summed E-state index contributed by atoms with van der Waals surface area (Å²) in [5.74, 6) is -0.326. The lowest BCUT2D eigenvalue weighted by molar-refractivity contribution is -0.160. The molecule has 10 heteroatoms. The second-order valence-corrected chi connectivity index (χ2v) is 6.70. The van der Waals surface area contributed by atoms with Gasteiger partial charge in [0.25, 0.3) is 0 Å². The van der Waals surface area contributed by atoms with Crippen LogP contribution in [0.3, 0.4) is 0 Å². The Kier molecular flexibility index (Phi) is 4.12. The Morgan fingerprint density at radius 1 is 1.37 bits per heavy atom. The Labute approximate surface area is 152 Å². The maximum Gasteiger partial charge on any atom is 0.406 e. The van der Waals surface area contributed by atoms with Crippen molar-refractivity contribution in [1.82, 2.24) is 24.8 Å². The Balaban J connectivity index is 1.61. The van der Waals surface area contributed by atoms with Crippen LogP contribution in [0.2, 0.25) is 0 Å². The molecule has 0 aromatic carbocycles. The standard InChI is InChI=1S/C17H17F3N6O/c1-25(8-17(18,19)20)16(27)10-3-5-26(7-10)15-13-11-2-4-21-14(11)22-6-12(13)23-9-24-15/h2,4,6,9-10H,3,5,7-8H2,1H3,(H,21,22). The average Bonchev–Trinajstić information content (AvgIpc) is 3.28. The van der Waals surface area contributed by atoms with Crippen molar-refractivity contribution in [3.63, 3.8) is 0 Å². The summed E-state index contributed by atoms with van der Waals surface area (Å²) in [6, 6.07) is 1.88. The minimum atomic E-state index is -4.40. The highest BCUT2D eigenvalue weighted by atomic mass is 19.4. The molecule has 0 radical (unpaired) electrons. The normalized spacial score (nSPS) is 17.8. The van der Waals surface area contributed by atoms with E-state index in [1.54, 1.807) is 12.4 Å². The first-order valence-electron chi connectivity index (χ1n) is 8.47. The van der Waals surface area contributed by atoms with Crippen molar-refractivity contribution in [2.75, 3.05) is 31.6 Å². The molecule has 0 spiro atoms. The van der Waals surface area contributed by atoms with Crippen LogP contribution in [0, 0.1) is 5.92 Å². The number of aromatic amines is 1. The second kappa shape index (κ2) is 6.36. The number of halogens is 3. The fraction of sp³-hybridized carbons (Fsp3) is 0.412. The van der Waals surface area contributed by atoms with Gasteiger partial charge in [0.1, 0.15) is 24.3 Å². The van der Waals surface area contributed by atoms with Crippen LogP contribution in [0.5, 0.6) is 0 Å². The molecule has 4 heterocycles. The van der Waals surface area contributed by atoms with E-state index < -0.39 is 24.5 Å². The summed E-state index contributed by atoms with van der Waals surface area (Å²) in [4.78, 5) is 31.1. The molecule has 1 unspecified atom stereocenters. The highest BCUT2D eigenvalue weighted by molar-refractivity contribution is 6.09. The SMILES string of the molecule is CN(CC(F)(F)F)C(=O)C1CCN(c2ncnc3cnc4[nH]ccc4c23)C1. The molecule has 1 fully saturated rings. The van der Waals surface area contributed by atoms with Crippen LogP contribution in [0.15, 0.2) is 24.8 Å². The summed E-state index contributed by atoms with van der Waals surface area (Å²) in [6.07, 6.45) is 0.931. The summed E-state index contributed by atoms with van der Waals surface area (Å²) >= 11 is 0. The third-order valence-electron chi connectivity index (χ3n) is 4.80. The van der Waals surface area contributed by atoms with Crippen molar-refractivity contribution >= 4 is 33.7 Å². The zero-order valence-corrected chi connectivity index (χ0v) is 14.5. The van der Waals surface area contributed by atoms with Crippen molar-refractivity contribution in [2.45, 2.75) is 12.6 Å². The van der Waals surface area contributed by atoms with Crippen molar-refractivity contribution in [1.29, 1.82) is 0 Å². The number of nitrogens with zero attached hydrogens (tertiary/aromatic N) is 5. The van der Waals surface area contributed by atoms with Gasteiger partial charge in [-0.25, -0.2) is 15.0 Å². The summed E-state index contributed by atoms with van der Waals surface area (Å²) in [7, 11) is 1.19. The highest BCUT2D eigenvalue weighted by Gasteiger charge is 2.36. The number of hydrogen-bond acceptors (Lipinski definition) is 5. The first-order valence-corrected chi connectivity index (χ1v) is 8.47. The number of fused-ring (bicyclic) bond motifs is 3. The third kappa shape index (κ3) is 3.26. The molecule has 1 aliphatic rings. The van der Waals surface area contributed by atoms with E-state index in [2.05, 4.69) is 19.9 Å². The Morgan fingerprint density at radius 2 is 2.19 bits per heavy atom. The minimum Gasteiger partial charge on any atom is -0.355 e. The number of nitrogens with one attached hydrogen (secondary N) is 1. The summed E-state index contributed by atoms with van der Waals surface area (Å²) in [5.41, 5.74) is 1.38. The molecule has 0 saturated carbocycles. The third-order valence-corrected chi connectivity index (χ3v) is 4.80. The molecule has 142 valence electrons. The van der Waals surface area contributed by atoms with E-state index in [-0.39, 0.29) is 0 Å². The van der Waals surface area contributed by atoms with E-state index in [0.29, 0.717) is 36.5 Å². The van der Waals surface area contributed by atoms with Gasteiger partial charge in [-0.05, 0) is 12.5 Å². The van der Waals surface area contributed by atoms with Gasteiger partial charge in [-0.15, -0.1) is 0 Å². The van der Waals surface area contributed by atoms with E-state index in [0.717, 1.165) is 15.7 Å². The number of anilines is 1. The van der Waals surface area contributed by atoms with Crippen molar-refractivity contribution in [3.05, 3.63) is 24.8 Å². The molecular formula is C17H17F3N6O. The Morgan fingerprint density at radius 3 is 2.96 bits per heavy atom. The molecule has 1 atom stereocenters. The Bertz CT molecular complexity index is 1000. The molecule has 0 bridgehead atoms. The predicted octanol–water partition coefficient (Wildman–Crippen LogP) is 2.35. The number of carbonyl (C=O) groups is 1. The molecule has 1 aliphatic heterocycles. The van der Waals surface area contributed by atoms with E-state index in [1.807, 2.05) is 11.0 Å². The van der Waals surface area contributed by atoms with Crippen molar-refractivity contribution < 1.29 is 18.0 Å². The zero-order valence-electron chi connectivity index (χ0n) is 14.5. The number of hydrogen-bond donors (Lipinski definition) is 1. The fourth-order valence-electron chi connectivity index (χ4n) is 3.59. The van der Waals surface area contributed by atoms with Crippen LogP contribution in [0.1, 0.15) is 6.42 Å². The van der Waals surface area contributed by atoms with E-state index in [9.17, 15) is 18.0 Å². The second-order valence-electron chi connectivity index (χ2n) is 6.70. The van der Waals surface area contributed by atoms with E-state index >= 15 is 0 Å².